The van der Waals surface area contributed by atoms with Crippen molar-refractivity contribution in [3.05, 3.63) is 47.8 Å². The normalized spacial score (nSPS) is 10.8. The minimum atomic E-state index is 0.850. The zero-order chi connectivity index (χ0) is 12.8. The lowest BCUT2D eigenvalue weighted by Gasteiger charge is -1.94. The van der Waals surface area contributed by atoms with Gasteiger partial charge in [-0.3, -0.25) is 0 Å². The number of benzene rings is 1. The number of hydrogen-bond donors (Lipinski definition) is 0. The summed E-state index contributed by atoms with van der Waals surface area (Å²) in [4.78, 5) is 0. The van der Waals surface area contributed by atoms with Crippen molar-refractivity contribution in [3.8, 4) is 0 Å². The Labute approximate surface area is 109 Å². The van der Waals surface area contributed by atoms with Crippen LogP contribution in [0.4, 0.5) is 0 Å². The molecule has 0 spiro atoms. The van der Waals surface area contributed by atoms with Crippen molar-refractivity contribution < 1.29 is 4.68 Å². The minimum Gasteiger partial charge on any atom is -0.137 e. The summed E-state index contributed by atoms with van der Waals surface area (Å²) in [5.41, 5.74) is 2.61. The van der Waals surface area contributed by atoms with Crippen molar-refractivity contribution >= 4 is 0 Å². The summed E-state index contributed by atoms with van der Waals surface area (Å²) >= 11 is 0. The van der Waals surface area contributed by atoms with E-state index in [9.17, 15) is 0 Å². The first kappa shape index (κ1) is 12.8. The third-order valence-electron chi connectivity index (χ3n) is 3.19. The van der Waals surface area contributed by atoms with Gasteiger partial charge in [0, 0.05) is 6.42 Å². The molecule has 3 heteroatoms. The van der Waals surface area contributed by atoms with Crippen LogP contribution in [0.15, 0.2) is 36.5 Å². The topological polar surface area (TPSA) is 21.7 Å². The summed E-state index contributed by atoms with van der Waals surface area (Å²) in [5.74, 6) is 0. The van der Waals surface area contributed by atoms with Crippen molar-refractivity contribution in [3.63, 3.8) is 0 Å². The molecule has 0 saturated carbocycles. The first-order valence-electron chi connectivity index (χ1n) is 6.76. The summed E-state index contributed by atoms with van der Waals surface area (Å²) in [5, 5.41) is 4.52. The van der Waals surface area contributed by atoms with Gasteiger partial charge in [0.2, 0.25) is 0 Å². The second kappa shape index (κ2) is 6.34. The zero-order valence-corrected chi connectivity index (χ0v) is 11.3. The fourth-order valence-corrected chi connectivity index (χ4v) is 2.14. The number of aromatic nitrogens is 3. The molecule has 0 atom stereocenters. The van der Waals surface area contributed by atoms with Gasteiger partial charge in [-0.25, -0.2) is 0 Å². The molecule has 0 N–H and O–H groups in total. The summed E-state index contributed by atoms with van der Waals surface area (Å²) < 4.78 is 4.02. The molecule has 0 unspecified atom stereocenters. The molecule has 0 aliphatic heterocycles. The molecule has 0 aliphatic carbocycles. The van der Waals surface area contributed by atoms with E-state index in [1.54, 1.807) is 0 Å². The molecule has 1 aromatic heterocycles. The second-order valence-electron chi connectivity index (χ2n) is 4.77. The van der Waals surface area contributed by atoms with Crippen LogP contribution in [-0.2, 0) is 20.0 Å². The highest BCUT2D eigenvalue weighted by atomic mass is 15.5. The Morgan fingerprint density at radius 2 is 1.94 bits per heavy atom. The summed E-state index contributed by atoms with van der Waals surface area (Å²) in [7, 11) is 2.03. The summed E-state index contributed by atoms with van der Waals surface area (Å²) in [6, 6.07) is 10.5. The standard InChI is InChI=1S/C15H22N3/c1-3-4-6-11-15-13-18(16-17(15)2)12-14-9-7-5-8-10-14/h5,7-10,13H,3-4,6,11-12H2,1-2H3/q+1. The molecule has 3 nitrogen and oxygen atoms in total. The number of unbranched alkanes of at least 4 members (excludes halogenated alkanes) is 2. The van der Waals surface area contributed by atoms with Gasteiger partial charge in [-0.2, -0.15) is 0 Å². The average molecular weight is 244 g/mol. The molecule has 18 heavy (non-hydrogen) atoms. The molecule has 2 rings (SSSR count). The predicted octanol–water partition coefficient (Wildman–Crippen LogP) is 2.49. The van der Waals surface area contributed by atoms with Crippen molar-refractivity contribution in [2.24, 2.45) is 7.05 Å². The van der Waals surface area contributed by atoms with Crippen molar-refractivity contribution in [1.29, 1.82) is 0 Å². The van der Waals surface area contributed by atoms with Crippen LogP contribution in [-0.4, -0.2) is 9.90 Å². The number of nitrogens with zero attached hydrogens (tertiary/aromatic N) is 3. The van der Waals surface area contributed by atoms with Gasteiger partial charge in [0.15, 0.2) is 11.9 Å². The zero-order valence-electron chi connectivity index (χ0n) is 11.3. The maximum absolute atomic E-state index is 4.52. The van der Waals surface area contributed by atoms with E-state index in [2.05, 4.69) is 42.6 Å². The van der Waals surface area contributed by atoms with Gasteiger partial charge in [-0.15, -0.1) is 9.36 Å². The smallest absolute Gasteiger partial charge is 0.137 e. The third kappa shape index (κ3) is 3.42. The fraction of sp³-hybridized carbons (Fsp3) is 0.467. The lowest BCUT2D eigenvalue weighted by Crippen LogP contribution is -2.36. The monoisotopic (exact) mass is 244 g/mol. The molecule has 0 fully saturated rings. The van der Waals surface area contributed by atoms with Gasteiger partial charge in [-0.05, 0) is 12.0 Å². The molecule has 0 saturated heterocycles. The van der Waals surface area contributed by atoms with Gasteiger partial charge in [0.05, 0.1) is 5.21 Å². The molecule has 0 radical (unpaired) electrons. The Bertz CT molecular complexity index is 474. The van der Waals surface area contributed by atoms with Gasteiger partial charge >= 0.3 is 0 Å². The molecule has 0 amide bonds. The quantitative estimate of drug-likeness (QED) is 0.565. The molecule has 1 aromatic carbocycles. The van der Waals surface area contributed by atoms with E-state index in [1.807, 2.05) is 22.5 Å². The maximum atomic E-state index is 4.52. The average Bonchev–Trinajstić information content (AvgIpc) is 2.71. The van der Waals surface area contributed by atoms with Crippen LogP contribution in [0.5, 0.6) is 0 Å². The first-order valence-corrected chi connectivity index (χ1v) is 6.76. The van der Waals surface area contributed by atoms with E-state index in [-0.39, 0.29) is 0 Å². The predicted molar refractivity (Wildman–Crippen MR) is 72.2 cm³/mol. The maximum Gasteiger partial charge on any atom is 0.167 e. The lowest BCUT2D eigenvalue weighted by atomic mass is 10.2. The van der Waals surface area contributed by atoms with Gasteiger partial charge < -0.3 is 0 Å². The Morgan fingerprint density at radius 1 is 1.17 bits per heavy atom. The molecule has 1 heterocycles. The summed E-state index contributed by atoms with van der Waals surface area (Å²) in [6.07, 6.45) is 7.11. The van der Waals surface area contributed by atoms with Crippen molar-refractivity contribution in [2.45, 2.75) is 39.2 Å². The van der Waals surface area contributed by atoms with Crippen LogP contribution in [0.3, 0.4) is 0 Å². The largest absolute Gasteiger partial charge is 0.167 e. The van der Waals surface area contributed by atoms with Gasteiger partial charge in [0.25, 0.3) is 0 Å². The second-order valence-corrected chi connectivity index (χ2v) is 4.77. The Hall–Kier alpha value is -1.64. The van der Waals surface area contributed by atoms with E-state index in [0.717, 1.165) is 13.0 Å². The SMILES string of the molecule is CCCCCc1c[n+](Cc2ccccc2)nn1C. The van der Waals surface area contributed by atoms with E-state index >= 15 is 0 Å². The molecule has 0 aliphatic rings. The third-order valence-corrected chi connectivity index (χ3v) is 3.19. The van der Waals surface area contributed by atoms with E-state index < -0.39 is 0 Å². The van der Waals surface area contributed by atoms with Crippen molar-refractivity contribution in [1.82, 2.24) is 9.90 Å². The van der Waals surface area contributed by atoms with Crippen LogP contribution >= 0.6 is 0 Å². The summed E-state index contributed by atoms with van der Waals surface area (Å²) in [6.45, 7) is 3.08. The van der Waals surface area contributed by atoms with E-state index in [4.69, 9.17) is 0 Å². The fourth-order valence-electron chi connectivity index (χ4n) is 2.14. The molecular formula is C15H22N3+. The highest BCUT2D eigenvalue weighted by molar-refractivity contribution is 5.13. The number of hydrogen-bond acceptors (Lipinski definition) is 1. The molecule has 2 aromatic rings. The Morgan fingerprint density at radius 3 is 2.67 bits per heavy atom. The highest BCUT2D eigenvalue weighted by Gasteiger charge is 2.12. The molecular weight excluding hydrogens is 222 g/mol. The van der Waals surface area contributed by atoms with Crippen LogP contribution in [0, 0.1) is 0 Å². The molecule has 96 valence electrons. The van der Waals surface area contributed by atoms with Crippen LogP contribution in [0.1, 0.15) is 37.4 Å². The first-order chi connectivity index (χ1) is 8.79. The van der Waals surface area contributed by atoms with Gasteiger partial charge in [-0.1, -0.05) is 50.1 Å². The van der Waals surface area contributed by atoms with E-state index in [1.165, 1.54) is 30.5 Å². The van der Waals surface area contributed by atoms with Crippen LogP contribution in [0.2, 0.25) is 0 Å². The Kier molecular flexibility index (Phi) is 4.51. The van der Waals surface area contributed by atoms with Crippen LogP contribution < -0.4 is 4.68 Å². The van der Waals surface area contributed by atoms with E-state index in [0.29, 0.717) is 0 Å². The number of aryl methyl sites for hydroxylation is 2. The highest BCUT2D eigenvalue weighted by Crippen LogP contribution is 2.04. The van der Waals surface area contributed by atoms with Gasteiger partial charge in [0.1, 0.15) is 13.6 Å². The lowest BCUT2D eigenvalue weighted by molar-refractivity contribution is -0.747. The Balaban J connectivity index is 2.00. The van der Waals surface area contributed by atoms with Crippen LogP contribution in [0.25, 0.3) is 0 Å². The minimum absolute atomic E-state index is 0.850. The number of rotatable bonds is 6. The molecule has 0 bridgehead atoms. The van der Waals surface area contributed by atoms with Crippen molar-refractivity contribution in [2.75, 3.05) is 0 Å².